The fourth-order valence-electron chi connectivity index (χ4n) is 1.73. The quantitative estimate of drug-likeness (QED) is 0.658. The van der Waals surface area contributed by atoms with Gasteiger partial charge < -0.3 is 15.5 Å². The van der Waals surface area contributed by atoms with Crippen molar-refractivity contribution in [3.63, 3.8) is 0 Å². The maximum absolute atomic E-state index is 9.69. The van der Waals surface area contributed by atoms with Gasteiger partial charge in [-0.2, -0.15) is 4.99 Å². The van der Waals surface area contributed by atoms with Crippen molar-refractivity contribution in [2.45, 2.75) is 26.0 Å². The number of rotatable bonds is 1. The number of aliphatic hydroxyl groups is 2. The van der Waals surface area contributed by atoms with Gasteiger partial charge in [-0.05, 0) is 11.5 Å². The molecule has 1 heterocycles. The minimum absolute atomic E-state index is 0.233. The highest BCUT2D eigenvalue weighted by Gasteiger charge is 2.22. The molecule has 0 fully saturated rings. The normalized spacial score (nSPS) is 19.5. The van der Waals surface area contributed by atoms with Crippen molar-refractivity contribution >= 4 is 11.7 Å². The highest BCUT2D eigenvalue weighted by atomic mass is 16.3. The fraction of sp³-hybridized carbons (Fsp3) is 0.364. The Bertz CT molecular complexity index is 413. The van der Waals surface area contributed by atoms with Crippen LogP contribution in [0.4, 0.5) is 5.69 Å². The lowest BCUT2D eigenvalue weighted by atomic mass is 9.97. The maximum atomic E-state index is 9.69. The van der Waals surface area contributed by atoms with Gasteiger partial charge in [0.25, 0.3) is 6.02 Å². The molecule has 1 atom stereocenters. The van der Waals surface area contributed by atoms with Gasteiger partial charge in [-0.3, -0.25) is 0 Å². The molecule has 0 saturated heterocycles. The summed E-state index contributed by atoms with van der Waals surface area (Å²) in [4.78, 5) is 4.02. The van der Waals surface area contributed by atoms with E-state index in [0.717, 1.165) is 5.56 Å². The number of para-hydroxylation sites is 1. The summed E-state index contributed by atoms with van der Waals surface area (Å²) in [6.45, 7) is 4.10. The molecule has 4 nitrogen and oxygen atoms in total. The number of fused-ring (bicyclic) bond motifs is 1. The summed E-state index contributed by atoms with van der Waals surface area (Å²) in [6.07, 6.45) is -0.879. The summed E-state index contributed by atoms with van der Waals surface area (Å²) in [7, 11) is 0. The minimum atomic E-state index is -0.879. The summed E-state index contributed by atoms with van der Waals surface area (Å²) in [5.41, 5.74) is 2.41. The molecule has 0 bridgehead atoms. The first-order valence-corrected chi connectivity index (χ1v) is 4.94. The highest BCUT2D eigenvalue weighted by Crippen LogP contribution is 2.35. The van der Waals surface area contributed by atoms with E-state index in [2.05, 4.69) is 24.2 Å². The van der Waals surface area contributed by atoms with Crippen molar-refractivity contribution in [1.29, 1.82) is 0 Å². The standard InChI is InChI=1S/C11H14N2O2/c1-6(2)7-4-3-5-8-9(7)12-11(15)13-10(8)14/h3-6,10,14H,1-2H3,(H2,12,13,15). The van der Waals surface area contributed by atoms with Gasteiger partial charge in [0, 0.05) is 5.56 Å². The number of hydrogen-bond acceptors (Lipinski definition) is 3. The van der Waals surface area contributed by atoms with Crippen LogP contribution in [0.2, 0.25) is 0 Å². The number of nitrogens with zero attached hydrogens (tertiary/aromatic N) is 1. The minimum Gasteiger partial charge on any atom is -0.481 e. The number of hydrogen-bond donors (Lipinski definition) is 3. The fourth-order valence-corrected chi connectivity index (χ4v) is 1.73. The third-order valence-corrected chi connectivity index (χ3v) is 2.50. The van der Waals surface area contributed by atoms with Gasteiger partial charge in [0.15, 0.2) is 6.23 Å². The van der Waals surface area contributed by atoms with E-state index in [1.54, 1.807) is 6.07 Å². The molecule has 15 heavy (non-hydrogen) atoms. The molecule has 1 aliphatic rings. The van der Waals surface area contributed by atoms with E-state index in [9.17, 15) is 10.2 Å². The van der Waals surface area contributed by atoms with Crippen molar-refractivity contribution < 1.29 is 10.2 Å². The van der Waals surface area contributed by atoms with Crippen LogP contribution in [0.15, 0.2) is 23.2 Å². The first kappa shape index (κ1) is 9.98. The summed E-state index contributed by atoms with van der Waals surface area (Å²) < 4.78 is 0. The van der Waals surface area contributed by atoms with E-state index in [0.29, 0.717) is 17.2 Å². The van der Waals surface area contributed by atoms with Crippen LogP contribution in [0.1, 0.15) is 37.1 Å². The molecule has 0 aromatic heterocycles. The van der Waals surface area contributed by atoms with Crippen molar-refractivity contribution in [1.82, 2.24) is 5.32 Å². The van der Waals surface area contributed by atoms with Crippen LogP contribution in [-0.2, 0) is 0 Å². The Balaban J connectivity index is 2.60. The van der Waals surface area contributed by atoms with E-state index in [1.165, 1.54) is 0 Å². The van der Waals surface area contributed by atoms with Gasteiger partial charge in [0.1, 0.15) is 0 Å². The number of aliphatic hydroxyl groups excluding tert-OH is 2. The molecule has 4 heteroatoms. The zero-order valence-corrected chi connectivity index (χ0v) is 8.73. The Labute approximate surface area is 88.3 Å². The van der Waals surface area contributed by atoms with Gasteiger partial charge in [-0.15, -0.1) is 0 Å². The highest BCUT2D eigenvalue weighted by molar-refractivity contribution is 5.79. The third kappa shape index (κ3) is 1.68. The average Bonchev–Trinajstić information content (AvgIpc) is 2.16. The molecule has 1 unspecified atom stereocenters. The smallest absolute Gasteiger partial charge is 0.289 e. The zero-order valence-electron chi connectivity index (χ0n) is 8.73. The summed E-state index contributed by atoms with van der Waals surface area (Å²) in [5, 5.41) is 21.5. The Morgan fingerprint density at radius 2 is 2.13 bits per heavy atom. The molecule has 0 amide bonds. The lowest BCUT2D eigenvalue weighted by Gasteiger charge is -2.22. The summed E-state index contributed by atoms with van der Waals surface area (Å²) in [5.74, 6) is 0.307. The second-order valence-electron chi connectivity index (χ2n) is 3.92. The topological polar surface area (TPSA) is 64.9 Å². The van der Waals surface area contributed by atoms with Crippen molar-refractivity contribution in [3.8, 4) is 0 Å². The Morgan fingerprint density at radius 3 is 2.80 bits per heavy atom. The number of benzene rings is 1. The second-order valence-corrected chi connectivity index (χ2v) is 3.92. The van der Waals surface area contributed by atoms with E-state index in [-0.39, 0.29) is 6.02 Å². The average molecular weight is 206 g/mol. The lowest BCUT2D eigenvalue weighted by molar-refractivity contribution is 0.153. The van der Waals surface area contributed by atoms with Gasteiger partial charge >= 0.3 is 0 Å². The van der Waals surface area contributed by atoms with E-state index < -0.39 is 6.23 Å². The van der Waals surface area contributed by atoms with Gasteiger partial charge in [-0.25, -0.2) is 0 Å². The van der Waals surface area contributed by atoms with Crippen LogP contribution in [-0.4, -0.2) is 16.2 Å². The molecule has 0 aliphatic carbocycles. The summed E-state index contributed by atoms with van der Waals surface area (Å²) >= 11 is 0. The first-order chi connectivity index (χ1) is 7.09. The number of amidine groups is 1. The zero-order chi connectivity index (χ0) is 11.0. The first-order valence-electron chi connectivity index (χ1n) is 4.94. The molecule has 0 saturated carbocycles. The van der Waals surface area contributed by atoms with Crippen LogP contribution in [0.3, 0.4) is 0 Å². The van der Waals surface area contributed by atoms with Crippen LogP contribution in [0.25, 0.3) is 0 Å². The molecule has 3 N–H and O–H groups in total. The van der Waals surface area contributed by atoms with Crippen LogP contribution in [0, 0.1) is 0 Å². The molecule has 1 aromatic carbocycles. The monoisotopic (exact) mass is 206 g/mol. The summed E-state index contributed by atoms with van der Waals surface area (Å²) in [6, 6.07) is 5.41. The Hall–Kier alpha value is -1.55. The largest absolute Gasteiger partial charge is 0.481 e. The maximum Gasteiger partial charge on any atom is 0.289 e. The predicted octanol–water partition coefficient (Wildman–Crippen LogP) is 1.95. The number of nitrogens with one attached hydrogen (secondary N) is 1. The molecule has 2 rings (SSSR count). The van der Waals surface area contributed by atoms with Crippen molar-refractivity contribution in [2.75, 3.05) is 0 Å². The Morgan fingerprint density at radius 1 is 1.40 bits per heavy atom. The molecule has 80 valence electrons. The lowest BCUT2D eigenvalue weighted by Crippen LogP contribution is -2.31. The molecule has 1 aromatic rings. The third-order valence-electron chi connectivity index (χ3n) is 2.50. The van der Waals surface area contributed by atoms with E-state index >= 15 is 0 Å². The van der Waals surface area contributed by atoms with Crippen LogP contribution < -0.4 is 5.32 Å². The van der Waals surface area contributed by atoms with Crippen LogP contribution in [0.5, 0.6) is 0 Å². The van der Waals surface area contributed by atoms with E-state index in [1.807, 2.05) is 12.1 Å². The predicted molar refractivity (Wildman–Crippen MR) is 58.4 cm³/mol. The van der Waals surface area contributed by atoms with Gasteiger partial charge in [0.05, 0.1) is 5.69 Å². The molecule has 1 aliphatic heterocycles. The molecule has 0 spiro atoms. The molecule has 0 radical (unpaired) electrons. The van der Waals surface area contributed by atoms with E-state index in [4.69, 9.17) is 0 Å². The van der Waals surface area contributed by atoms with Gasteiger partial charge in [-0.1, -0.05) is 32.0 Å². The Kier molecular flexibility index (Phi) is 2.36. The van der Waals surface area contributed by atoms with Crippen LogP contribution >= 0.6 is 0 Å². The molecular weight excluding hydrogens is 192 g/mol. The second kappa shape index (κ2) is 3.55. The van der Waals surface area contributed by atoms with Gasteiger partial charge in [0.2, 0.25) is 0 Å². The van der Waals surface area contributed by atoms with Crippen molar-refractivity contribution in [2.24, 2.45) is 4.99 Å². The molecular formula is C11H14N2O2. The number of aliphatic imine (C=N–C) groups is 1. The van der Waals surface area contributed by atoms with Crippen molar-refractivity contribution in [3.05, 3.63) is 29.3 Å². The SMILES string of the molecule is CC(C)c1cccc2c1N=C(O)NC2O.